The van der Waals surface area contributed by atoms with Crippen LogP contribution in [0, 0.1) is 10.1 Å². The maximum Gasteiger partial charge on any atom is 0.329 e. The first kappa shape index (κ1) is 19.2. The number of aryl methyl sites for hydroxylation is 1. The zero-order chi connectivity index (χ0) is 20.3. The average Bonchev–Trinajstić information content (AvgIpc) is 2.93. The number of aromatic hydroxyl groups is 1. The third kappa shape index (κ3) is 3.73. The SMILES string of the molecule is CCCn1c(=O)n(CC(=O)NCc2cc([N+](=O)[O-])ccc2O)c2ccccc21. The Hall–Kier alpha value is -3.62. The molecule has 3 rings (SSSR count). The Morgan fingerprint density at radius 2 is 1.86 bits per heavy atom. The zero-order valence-electron chi connectivity index (χ0n) is 15.3. The molecule has 9 nitrogen and oxygen atoms in total. The third-order valence-electron chi connectivity index (χ3n) is 4.42. The predicted molar refractivity (Wildman–Crippen MR) is 103 cm³/mol. The van der Waals surface area contributed by atoms with Crippen LogP contribution in [-0.2, 0) is 24.4 Å². The summed E-state index contributed by atoms with van der Waals surface area (Å²) in [6, 6.07) is 10.8. The Bertz CT molecular complexity index is 1100. The maximum absolute atomic E-state index is 12.7. The summed E-state index contributed by atoms with van der Waals surface area (Å²) in [6.45, 7) is 2.24. The minimum Gasteiger partial charge on any atom is -0.508 e. The van der Waals surface area contributed by atoms with Gasteiger partial charge in [-0.1, -0.05) is 19.1 Å². The van der Waals surface area contributed by atoms with E-state index in [-0.39, 0.29) is 35.8 Å². The first-order valence-electron chi connectivity index (χ1n) is 8.83. The van der Waals surface area contributed by atoms with Crippen molar-refractivity contribution in [3.05, 3.63) is 68.6 Å². The highest BCUT2D eigenvalue weighted by Gasteiger charge is 2.16. The van der Waals surface area contributed by atoms with Crippen molar-refractivity contribution in [1.82, 2.24) is 14.5 Å². The number of carbonyl (C=O) groups is 1. The Morgan fingerprint density at radius 3 is 2.50 bits per heavy atom. The van der Waals surface area contributed by atoms with Crippen LogP contribution in [0.25, 0.3) is 11.0 Å². The first-order valence-corrected chi connectivity index (χ1v) is 8.83. The predicted octanol–water partition coefficient (Wildman–Crippen LogP) is 2.14. The number of nitro benzene ring substituents is 1. The number of imidazole rings is 1. The summed E-state index contributed by atoms with van der Waals surface area (Å²) in [7, 11) is 0. The van der Waals surface area contributed by atoms with Gasteiger partial charge in [-0.15, -0.1) is 0 Å². The van der Waals surface area contributed by atoms with E-state index in [4.69, 9.17) is 0 Å². The van der Waals surface area contributed by atoms with E-state index in [0.29, 0.717) is 12.1 Å². The van der Waals surface area contributed by atoms with Gasteiger partial charge in [-0.05, 0) is 24.6 Å². The summed E-state index contributed by atoms with van der Waals surface area (Å²) in [6.07, 6.45) is 0.784. The molecule has 1 amide bonds. The van der Waals surface area contributed by atoms with Crippen LogP contribution in [0.4, 0.5) is 5.69 Å². The number of rotatable bonds is 7. The van der Waals surface area contributed by atoms with E-state index in [0.717, 1.165) is 11.9 Å². The number of phenols is 1. The van der Waals surface area contributed by atoms with Crippen molar-refractivity contribution in [2.75, 3.05) is 0 Å². The van der Waals surface area contributed by atoms with E-state index < -0.39 is 10.8 Å². The fourth-order valence-electron chi connectivity index (χ4n) is 3.09. The quantitative estimate of drug-likeness (QED) is 0.478. The number of aromatic nitrogens is 2. The number of fused-ring (bicyclic) bond motifs is 1. The van der Waals surface area contributed by atoms with Crippen LogP contribution in [0.3, 0.4) is 0 Å². The van der Waals surface area contributed by atoms with Crippen molar-refractivity contribution < 1.29 is 14.8 Å². The lowest BCUT2D eigenvalue weighted by Crippen LogP contribution is -2.32. The minimum atomic E-state index is -0.576. The first-order chi connectivity index (χ1) is 13.4. The van der Waals surface area contributed by atoms with Crippen LogP contribution >= 0.6 is 0 Å². The minimum absolute atomic E-state index is 0.0886. The summed E-state index contributed by atoms with van der Waals surface area (Å²) in [5.41, 5.74) is 1.20. The van der Waals surface area contributed by atoms with Crippen molar-refractivity contribution in [2.45, 2.75) is 33.0 Å². The number of nitrogens with one attached hydrogen (secondary N) is 1. The molecule has 0 aliphatic carbocycles. The van der Waals surface area contributed by atoms with E-state index >= 15 is 0 Å². The molecule has 146 valence electrons. The van der Waals surface area contributed by atoms with Crippen molar-refractivity contribution >= 4 is 22.6 Å². The monoisotopic (exact) mass is 384 g/mol. The highest BCUT2D eigenvalue weighted by Crippen LogP contribution is 2.22. The van der Waals surface area contributed by atoms with Crippen molar-refractivity contribution in [2.24, 2.45) is 0 Å². The second kappa shape index (κ2) is 7.95. The third-order valence-corrected chi connectivity index (χ3v) is 4.42. The fourth-order valence-corrected chi connectivity index (χ4v) is 3.09. The smallest absolute Gasteiger partial charge is 0.329 e. The van der Waals surface area contributed by atoms with Gasteiger partial charge in [0.05, 0.1) is 16.0 Å². The van der Waals surface area contributed by atoms with Crippen LogP contribution in [0.15, 0.2) is 47.3 Å². The van der Waals surface area contributed by atoms with Gasteiger partial charge in [0.2, 0.25) is 5.91 Å². The Morgan fingerprint density at radius 1 is 1.18 bits per heavy atom. The highest BCUT2D eigenvalue weighted by atomic mass is 16.6. The Labute approximate surface area is 160 Å². The molecule has 3 aromatic rings. The molecule has 9 heteroatoms. The van der Waals surface area contributed by atoms with Gasteiger partial charge in [0.15, 0.2) is 0 Å². The average molecular weight is 384 g/mol. The number of nitrogens with zero attached hydrogens (tertiary/aromatic N) is 3. The number of hydrogen-bond acceptors (Lipinski definition) is 5. The number of amides is 1. The zero-order valence-corrected chi connectivity index (χ0v) is 15.3. The highest BCUT2D eigenvalue weighted by molar-refractivity contribution is 5.81. The molecule has 0 bridgehead atoms. The number of phenolic OH excluding ortho intramolecular Hbond substituents is 1. The summed E-state index contributed by atoms with van der Waals surface area (Å²) in [4.78, 5) is 35.4. The molecule has 0 saturated carbocycles. The topological polar surface area (TPSA) is 119 Å². The summed E-state index contributed by atoms with van der Waals surface area (Å²) < 4.78 is 3.03. The van der Waals surface area contributed by atoms with Gasteiger partial charge in [-0.25, -0.2) is 4.79 Å². The summed E-state index contributed by atoms with van der Waals surface area (Å²) in [5.74, 6) is -0.588. The van der Waals surface area contributed by atoms with Crippen molar-refractivity contribution in [3.63, 3.8) is 0 Å². The molecule has 2 N–H and O–H groups in total. The van der Waals surface area contributed by atoms with Crippen molar-refractivity contribution in [3.8, 4) is 5.75 Å². The normalized spacial score (nSPS) is 10.9. The fraction of sp³-hybridized carbons (Fsp3) is 0.263. The van der Waals surface area contributed by atoms with E-state index in [9.17, 15) is 24.8 Å². The van der Waals surface area contributed by atoms with E-state index in [1.54, 1.807) is 16.7 Å². The van der Waals surface area contributed by atoms with E-state index in [1.807, 2.05) is 19.1 Å². The number of non-ortho nitro benzene ring substituents is 1. The van der Waals surface area contributed by atoms with Crippen molar-refractivity contribution in [1.29, 1.82) is 0 Å². The molecule has 0 fully saturated rings. The van der Waals surface area contributed by atoms with Crippen LogP contribution in [0.5, 0.6) is 5.75 Å². The molecular weight excluding hydrogens is 364 g/mol. The molecule has 1 heterocycles. The lowest BCUT2D eigenvalue weighted by atomic mass is 10.2. The molecule has 0 saturated heterocycles. The molecule has 0 atom stereocenters. The Kier molecular flexibility index (Phi) is 5.44. The van der Waals surface area contributed by atoms with Gasteiger partial charge in [0.1, 0.15) is 12.3 Å². The van der Waals surface area contributed by atoms with Crippen LogP contribution in [0.2, 0.25) is 0 Å². The van der Waals surface area contributed by atoms with E-state index in [1.165, 1.54) is 22.8 Å². The van der Waals surface area contributed by atoms with Gasteiger partial charge in [-0.3, -0.25) is 24.0 Å². The number of nitro groups is 1. The van der Waals surface area contributed by atoms with Gasteiger partial charge in [0.25, 0.3) is 5.69 Å². The Balaban J connectivity index is 1.79. The molecule has 0 radical (unpaired) electrons. The number of para-hydroxylation sites is 2. The molecule has 0 aliphatic rings. The number of carbonyl (C=O) groups excluding carboxylic acids is 1. The molecule has 0 spiro atoms. The van der Waals surface area contributed by atoms with Crippen LogP contribution in [0.1, 0.15) is 18.9 Å². The molecule has 0 aliphatic heterocycles. The number of benzene rings is 2. The van der Waals surface area contributed by atoms with Gasteiger partial charge >= 0.3 is 5.69 Å². The van der Waals surface area contributed by atoms with Crippen LogP contribution < -0.4 is 11.0 Å². The lowest BCUT2D eigenvalue weighted by molar-refractivity contribution is -0.384. The standard InChI is InChI=1S/C19H20N4O5/c1-2-9-21-15-5-3-4-6-16(15)22(19(21)26)12-18(25)20-11-13-10-14(23(27)28)7-8-17(13)24/h3-8,10,24H,2,9,11-12H2,1H3,(H,20,25). The van der Waals surface area contributed by atoms with E-state index in [2.05, 4.69) is 5.32 Å². The van der Waals surface area contributed by atoms with Crippen LogP contribution in [-0.4, -0.2) is 25.1 Å². The molecule has 0 unspecified atom stereocenters. The lowest BCUT2D eigenvalue weighted by Gasteiger charge is -2.08. The summed E-state index contributed by atoms with van der Waals surface area (Å²) in [5, 5.41) is 23.3. The second-order valence-electron chi connectivity index (χ2n) is 6.36. The van der Waals surface area contributed by atoms with Gasteiger partial charge in [0, 0.05) is 30.8 Å². The summed E-state index contributed by atoms with van der Waals surface area (Å²) >= 11 is 0. The van der Waals surface area contributed by atoms with Gasteiger partial charge < -0.3 is 10.4 Å². The second-order valence-corrected chi connectivity index (χ2v) is 6.36. The molecule has 2 aromatic carbocycles. The number of hydrogen-bond donors (Lipinski definition) is 2. The largest absolute Gasteiger partial charge is 0.508 e. The molecular formula is C19H20N4O5. The van der Waals surface area contributed by atoms with Gasteiger partial charge in [-0.2, -0.15) is 0 Å². The molecule has 1 aromatic heterocycles. The maximum atomic E-state index is 12.7. The molecule has 28 heavy (non-hydrogen) atoms.